The van der Waals surface area contributed by atoms with E-state index in [9.17, 15) is 4.79 Å². The van der Waals surface area contributed by atoms with Crippen molar-refractivity contribution in [3.05, 3.63) is 59.4 Å². The lowest BCUT2D eigenvalue weighted by Crippen LogP contribution is -2.28. The van der Waals surface area contributed by atoms with E-state index in [4.69, 9.17) is 0 Å². The third-order valence-electron chi connectivity index (χ3n) is 6.85. The van der Waals surface area contributed by atoms with Crippen molar-refractivity contribution >= 4 is 22.6 Å². The molecule has 2 aromatic heterocycles. The molecule has 1 aromatic carbocycles. The van der Waals surface area contributed by atoms with E-state index >= 15 is 0 Å². The number of pyridine rings is 1. The SMILES string of the molecule is CN1CCC[C@@H]1c1cc2cnc(NC(=O)c3ccc(CC4CCNCC4)cc3)cc2[nH]1. The number of benzene rings is 1. The van der Waals surface area contributed by atoms with Crippen LogP contribution in [0.5, 0.6) is 0 Å². The molecular formula is C25H31N5O. The fourth-order valence-corrected chi connectivity index (χ4v) is 5.00. The summed E-state index contributed by atoms with van der Waals surface area (Å²) < 4.78 is 0. The maximum absolute atomic E-state index is 12.7. The van der Waals surface area contributed by atoms with Gasteiger partial charge in [-0.2, -0.15) is 0 Å². The van der Waals surface area contributed by atoms with Crippen molar-refractivity contribution in [1.82, 2.24) is 20.2 Å². The van der Waals surface area contributed by atoms with Gasteiger partial charge in [0.05, 0.1) is 5.52 Å². The van der Waals surface area contributed by atoms with Gasteiger partial charge in [0.1, 0.15) is 5.82 Å². The molecule has 0 aliphatic carbocycles. The molecule has 1 atom stereocenters. The molecule has 6 nitrogen and oxygen atoms in total. The molecule has 6 heteroatoms. The van der Waals surface area contributed by atoms with Crippen LogP contribution in [0.2, 0.25) is 0 Å². The number of aromatic nitrogens is 2. The number of nitrogens with zero attached hydrogens (tertiary/aromatic N) is 2. The fraction of sp³-hybridized carbons (Fsp3) is 0.440. The molecule has 3 N–H and O–H groups in total. The minimum atomic E-state index is -0.123. The number of fused-ring (bicyclic) bond motifs is 1. The molecular weight excluding hydrogens is 386 g/mol. The van der Waals surface area contributed by atoms with Gasteiger partial charge in [-0.05, 0) is 88.5 Å². The molecule has 2 fully saturated rings. The first-order chi connectivity index (χ1) is 15.2. The third kappa shape index (κ3) is 4.50. The Balaban J connectivity index is 1.25. The summed E-state index contributed by atoms with van der Waals surface area (Å²) in [5.41, 5.74) is 4.21. The van der Waals surface area contributed by atoms with Crippen molar-refractivity contribution < 1.29 is 4.79 Å². The second-order valence-electron chi connectivity index (χ2n) is 9.07. The number of anilines is 1. The van der Waals surface area contributed by atoms with Crippen molar-refractivity contribution in [2.45, 2.75) is 38.1 Å². The highest BCUT2D eigenvalue weighted by Crippen LogP contribution is 2.32. The van der Waals surface area contributed by atoms with Crippen molar-refractivity contribution in [3.8, 4) is 0 Å². The van der Waals surface area contributed by atoms with E-state index < -0.39 is 0 Å². The average molecular weight is 418 g/mol. The van der Waals surface area contributed by atoms with Crippen LogP contribution >= 0.6 is 0 Å². The summed E-state index contributed by atoms with van der Waals surface area (Å²) in [6.45, 7) is 3.36. The summed E-state index contributed by atoms with van der Waals surface area (Å²) in [5, 5.41) is 7.44. The summed E-state index contributed by atoms with van der Waals surface area (Å²) in [5.74, 6) is 1.19. The molecule has 1 amide bonds. The molecule has 31 heavy (non-hydrogen) atoms. The molecule has 5 rings (SSSR count). The summed E-state index contributed by atoms with van der Waals surface area (Å²) in [6, 6.07) is 12.6. The Morgan fingerprint density at radius 2 is 1.97 bits per heavy atom. The van der Waals surface area contributed by atoms with Crippen LogP contribution in [0.25, 0.3) is 10.9 Å². The normalized spacial score (nSPS) is 20.4. The smallest absolute Gasteiger partial charge is 0.256 e. The van der Waals surface area contributed by atoms with Gasteiger partial charge < -0.3 is 15.6 Å². The first-order valence-electron chi connectivity index (χ1n) is 11.5. The van der Waals surface area contributed by atoms with Gasteiger partial charge in [0.2, 0.25) is 0 Å². The number of carbonyl (C=O) groups excluding carboxylic acids is 1. The predicted molar refractivity (Wildman–Crippen MR) is 124 cm³/mol. The Kier molecular flexibility index (Phi) is 5.74. The molecule has 0 bridgehead atoms. The topological polar surface area (TPSA) is 73.1 Å². The number of rotatable bonds is 5. The molecule has 2 saturated heterocycles. The molecule has 162 valence electrons. The lowest BCUT2D eigenvalue weighted by Gasteiger charge is -2.22. The zero-order valence-electron chi connectivity index (χ0n) is 18.2. The van der Waals surface area contributed by atoms with Gasteiger partial charge in [-0.25, -0.2) is 4.98 Å². The number of likely N-dealkylation sites (tertiary alicyclic amines) is 1. The molecule has 0 saturated carbocycles. The molecule has 0 unspecified atom stereocenters. The van der Waals surface area contributed by atoms with E-state index in [1.54, 1.807) is 0 Å². The molecule has 2 aliphatic rings. The van der Waals surface area contributed by atoms with Crippen LogP contribution < -0.4 is 10.6 Å². The minimum absolute atomic E-state index is 0.123. The number of nitrogens with one attached hydrogen (secondary N) is 3. The lowest BCUT2D eigenvalue weighted by molar-refractivity contribution is 0.102. The van der Waals surface area contributed by atoms with Gasteiger partial charge in [0.15, 0.2) is 0 Å². The molecule has 4 heterocycles. The third-order valence-corrected chi connectivity index (χ3v) is 6.85. The number of amides is 1. The van der Waals surface area contributed by atoms with E-state index in [-0.39, 0.29) is 5.91 Å². The summed E-state index contributed by atoms with van der Waals surface area (Å²) in [4.78, 5) is 23.1. The monoisotopic (exact) mass is 417 g/mol. The second kappa shape index (κ2) is 8.81. The standard InChI is InChI=1S/C25H31N5O/c1-30-12-2-3-23(30)22-14-20-16-27-24(15-21(20)28-22)29-25(31)19-6-4-17(5-7-19)13-18-8-10-26-11-9-18/h4-7,14-16,18,23,26,28H,2-3,8-13H2,1H3,(H,27,29,31)/t23-/m1/s1. The minimum Gasteiger partial charge on any atom is -0.357 e. The van der Waals surface area contributed by atoms with Crippen LogP contribution in [-0.4, -0.2) is 47.5 Å². The highest BCUT2D eigenvalue weighted by atomic mass is 16.1. The Labute approximate surface area is 183 Å². The van der Waals surface area contributed by atoms with Crippen LogP contribution in [0.4, 0.5) is 5.82 Å². The van der Waals surface area contributed by atoms with Crippen molar-refractivity contribution in [2.24, 2.45) is 5.92 Å². The Bertz CT molecular complexity index is 1050. The van der Waals surface area contributed by atoms with E-state index in [0.29, 0.717) is 17.4 Å². The molecule has 3 aromatic rings. The van der Waals surface area contributed by atoms with Gasteiger partial charge in [0.25, 0.3) is 5.91 Å². The zero-order valence-corrected chi connectivity index (χ0v) is 18.2. The molecule has 0 spiro atoms. The van der Waals surface area contributed by atoms with Crippen LogP contribution in [-0.2, 0) is 6.42 Å². The fourth-order valence-electron chi connectivity index (χ4n) is 5.00. The number of piperidine rings is 1. The number of aromatic amines is 1. The van der Waals surface area contributed by atoms with Crippen molar-refractivity contribution in [3.63, 3.8) is 0 Å². The Morgan fingerprint density at radius 3 is 2.71 bits per heavy atom. The van der Waals surface area contributed by atoms with Crippen LogP contribution in [0, 0.1) is 5.92 Å². The van der Waals surface area contributed by atoms with Crippen LogP contribution in [0.1, 0.15) is 53.3 Å². The van der Waals surface area contributed by atoms with E-state index in [1.807, 2.05) is 24.4 Å². The number of hydrogen-bond acceptors (Lipinski definition) is 4. The second-order valence-corrected chi connectivity index (χ2v) is 9.07. The van der Waals surface area contributed by atoms with Gasteiger partial charge in [0, 0.05) is 34.9 Å². The summed E-state index contributed by atoms with van der Waals surface area (Å²) >= 11 is 0. The predicted octanol–water partition coefficient (Wildman–Crippen LogP) is 4.12. The van der Waals surface area contributed by atoms with Crippen LogP contribution in [0.15, 0.2) is 42.6 Å². The average Bonchev–Trinajstić information content (AvgIpc) is 3.40. The number of H-pyrrole nitrogens is 1. The first kappa shape index (κ1) is 20.2. The molecule has 0 radical (unpaired) electrons. The quantitative estimate of drug-likeness (QED) is 0.584. The van der Waals surface area contributed by atoms with Gasteiger partial charge >= 0.3 is 0 Å². The van der Waals surface area contributed by atoms with E-state index in [1.165, 1.54) is 36.9 Å². The molecule has 2 aliphatic heterocycles. The first-order valence-corrected chi connectivity index (χ1v) is 11.5. The lowest BCUT2D eigenvalue weighted by atomic mass is 9.91. The Morgan fingerprint density at radius 1 is 1.16 bits per heavy atom. The highest BCUT2D eigenvalue weighted by Gasteiger charge is 2.24. The van der Waals surface area contributed by atoms with E-state index in [2.05, 4.69) is 50.7 Å². The van der Waals surface area contributed by atoms with Crippen molar-refractivity contribution in [2.75, 3.05) is 32.0 Å². The summed E-state index contributed by atoms with van der Waals surface area (Å²) in [6.07, 6.45) is 7.79. The largest absolute Gasteiger partial charge is 0.357 e. The van der Waals surface area contributed by atoms with Gasteiger partial charge in [-0.15, -0.1) is 0 Å². The zero-order chi connectivity index (χ0) is 21.2. The van der Waals surface area contributed by atoms with E-state index in [0.717, 1.165) is 42.9 Å². The highest BCUT2D eigenvalue weighted by molar-refractivity contribution is 6.04. The van der Waals surface area contributed by atoms with Crippen LogP contribution in [0.3, 0.4) is 0 Å². The Hall–Kier alpha value is -2.70. The van der Waals surface area contributed by atoms with Gasteiger partial charge in [-0.3, -0.25) is 9.69 Å². The maximum Gasteiger partial charge on any atom is 0.256 e. The summed E-state index contributed by atoms with van der Waals surface area (Å²) in [7, 11) is 2.17. The number of hydrogen-bond donors (Lipinski definition) is 3. The van der Waals surface area contributed by atoms with Gasteiger partial charge in [-0.1, -0.05) is 12.1 Å². The van der Waals surface area contributed by atoms with Crippen molar-refractivity contribution in [1.29, 1.82) is 0 Å². The number of carbonyl (C=O) groups is 1. The maximum atomic E-state index is 12.7.